The molecule has 0 aromatic heterocycles. The van der Waals surface area contributed by atoms with Gasteiger partial charge in [0, 0.05) is 11.6 Å². The van der Waals surface area contributed by atoms with Crippen molar-refractivity contribution in [3.8, 4) is 0 Å². The molecular weight excluding hydrogens is 438 g/mol. The zero-order chi connectivity index (χ0) is 25.5. The maximum Gasteiger partial charge on any atom is 0.251 e. The molecule has 0 heterocycles. The highest BCUT2D eigenvalue weighted by Gasteiger charge is 2.59. The van der Waals surface area contributed by atoms with Gasteiger partial charge in [-0.2, -0.15) is 0 Å². The molecule has 2 heteroatoms. The molecule has 1 unspecified atom stereocenters. The highest BCUT2D eigenvalue weighted by Crippen LogP contribution is 2.67. The summed E-state index contributed by atoms with van der Waals surface area (Å²) in [4.78, 5) is 12.8. The van der Waals surface area contributed by atoms with E-state index in [-0.39, 0.29) is 11.9 Å². The molecule has 8 atom stereocenters. The Bertz CT molecular complexity index is 949. The van der Waals surface area contributed by atoms with Crippen LogP contribution < -0.4 is 5.32 Å². The van der Waals surface area contributed by atoms with E-state index in [1.165, 1.54) is 57.8 Å². The van der Waals surface area contributed by atoms with Crippen LogP contribution in [0.15, 0.2) is 42.0 Å². The fourth-order valence-corrected chi connectivity index (χ4v) is 9.67. The van der Waals surface area contributed by atoms with E-state index in [4.69, 9.17) is 0 Å². The van der Waals surface area contributed by atoms with Crippen molar-refractivity contribution >= 4 is 5.91 Å². The first kappa shape index (κ1) is 26.1. The molecular formula is C34H51NO. The van der Waals surface area contributed by atoms with Crippen molar-refractivity contribution < 1.29 is 4.79 Å². The predicted octanol–water partition coefficient (Wildman–Crippen LogP) is 8.83. The summed E-state index contributed by atoms with van der Waals surface area (Å²) in [5.41, 5.74) is 3.35. The molecule has 0 bridgehead atoms. The predicted molar refractivity (Wildman–Crippen MR) is 151 cm³/mol. The van der Waals surface area contributed by atoms with Gasteiger partial charge in [0.05, 0.1) is 0 Å². The second-order valence-electron chi connectivity index (χ2n) is 14.1. The first-order chi connectivity index (χ1) is 17.2. The number of carbonyl (C=O) groups is 1. The molecule has 0 aliphatic heterocycles. The average molecular weight is 490 g/mol. The monoisotopic (exact) mass is 489 g/mol. The highest BCUT2D eigenvalue weighted by atomic mass is 16.1. The van der Waals surface area contributed by atoms with E-state index in [0.717, 1.165) is 53.9 Å². The van der Waals surface area contributed by atoms with Crippen LogP contribution in [0.4, 0.5) is 0 Å². The molecule has 5 rings (SSSR count). The summed E-state index contributed by atoms with van der Waals surface area (Å²) in [6, 6.07) is 10.0. The SMILES string of the molecule is CC(C)CCC[C@@H](C)[C@H]1CC[C@H]2[C@@H]3CC=C4CC(NC(=O)c5ccccc5)CC[C@]4(C)[C@H]3CC[C@]12C. The number of benzene rings is 1. The van der Waals surface area contributed by atoms with E-state index < -0.39 is 0 Å². The summed E-state index contributed by atoms with van der Waals surface area (Å²) < 4.78 is 0. The Hall–Kier alpha value is -1.57. The van der Waals surface area contributed by atoms with Crippen molar-refractivity contribution in [3.63, 3.8) is 0 Å². The lowest BCUT2D eigenvalue weighted by molar-refractivity contribution is -0.0513. The molecule has 0 spiro atoms. The van der Waals surface area contributed by atoms with E-state index in [1.54, 1.807) is 5.57 Å². The van der Waals surface area contributed by atoms with Gasteiger partial charge in [0.2, 0.25) is 0 Å². The fourth-order valence-electron chi connectivity index (χ4n) is 9.67. The van der Waals surface area contributed by atoms with E-state index >= 15 is 0 Å². The Morgan fingerprint density at radius 1 is 0.972 bits per heavy atom. The van der Waals surface area contributed by atoms with Gasteiger partial charge in [-0.3, -0.25) is 4.79 Å². The lowest BCUT2D eigenvalue weighted by atomic mass is 9.47. The summed E-state index contributed by atoms with van der Waals surface area (Å²) >= 11 is 0. The lowest BCUT2D eigenvalue weighted by Crippen LogP contribution is -2.52. The minimum atomic E-state index is 0.0893. The van der Waals surface area contributed by atoms with Gasteiger partial charge in [-0.25, -0.2) is 0 Å². The van der Waals surface area contributed by atoms with Crippen LogP contribution in [0.1, 0.15) is 116 Å². The molecule has 3 fully saturated rings. The van der Waals surface area contributed by atoms with Crippen LogP contribution in [-0.2, 0) is 0 Å². The lowest BCUT2D eigenvalue weighted by Gasteiger charge is -2.58. The Kier molecular flexibility index (Phi) is 7.45. The molecule has 198 valence electrons. The molecule has 4 aliphatic carbocycles. The van der Waals surface area contributed by atoms with Crippen LogP contribution in [-0.4, -0.2) is 11.9 Å². The molecule has 0 radical (unpaired) electrons. The van der Waals surface area contributed by atoms with Gasteiger partial charge in [-0.05, 0) is 110 Å². The molecule has 2 nitrogen and oxygen atoms in total. The van der Waals surface area contributed by atoms with Gasteiger partial charge in [0.1, 0.15) is 0 Å². The third-order valence-corrected chi connectivity index (χ3v) is 11.7. The second-order valence-corrected chi connectivity index (χ2v) is 14.1. The standard InChI is InChI=1S/C34H51NO/c1-23(2)10-9-11-24(3)29-16-17-30-28-15-14-26-22-27(35-32(36)25-12-7-6-8-13-25)18-20-33(26,4)31(28)19-21-34(29,30)5/h6-8,12-14,23-24,27-31H,9-11,15-22H2,1-5H3,(H,35,36)/t24-,27?,28+,29-,30+,31+,33+,34-/m1/s1. The molecule has 36 heavy (non-hydrogen) atoms. The maximum atomic E-state index is 12.8. The first-order valence-electron chi connectivity index (χ1n) is 15.3. The quantitative estimate of drug-likeness (QED) is 0.381. The van der Waals surface area contributed by atoms with Crippen molar-refractivity contribution in [1.82, 2.24) is 5.32 Å². The van der Waals surface area contributed by atoms with E-state index in [1.807, 2.05) is 30.3 Å². The van der Waals surface area contributed by atoms with Gasteiger partial charge >= 0.3 is 0 Å². The fraction of sp³-hybridized carbons (Fsp3) is 0.735. The van der Waals surface area contributed by atoms with Crippen molar-refractivity contribution in [3.05, 3.63) is 47.5 Å². The number of hydrogen-bond acceptors (Lipinski definition) is 1. The van der Waals surface area contributed by atoms with Gasteiger partial charge in [-0.15, -0.1) is 0 Å². The van der Waals surface area contributed by atoms with Crippen LogP contribution in [0.25, 0.3) is 0 Å². The topological polar surface area (TPSA) is 29.1 Å². The van der Waals surface area contributed by atoms with Crippen molar-refractivity contribution in [2.45, 2.75) is 111 Å². The van der Waals surface area contributed by atoms with Crippen LogP contribution in [0, 0.1) is 46.3 Å². The third kappa shape index (κ3) is 4.71. The number of carbonyl (C=O) groups excluding carboxylic acids is 1. The minimum Gasteiger partial charge on any atom is -0.349 e. The van der Waals surface area contributed by atoms with Crippen LogP contribution in [0.2, 0.25) is 0 Å². The number of rotatable bonds is 7. The first-order valence-corrected chi connectivity index (χ1v) is 15.3. The molecule has 1 N–H and O–H groups in total. The smallest absolute Gasteiger partial charge is 0.251 e. The zero-order valence-electron chi connectivity index (χ0n) is 23.7. The molecule has 3 saturated carbocycles. The summed E-state index contributed by atoms with van der Waals surface area (Å²) in [7, 11) is 0. The van der Waals surface area contributed by atoms with Crippen molar-refractivity contribution in [2.24, 2.45) is 46.3 Å². The summed E-state index contributed by atoms with van der Waals surface area (Å²) in [5, 5.41) is 3.36. The van der Waals surface area contributed by atoms with Crippen LogP contribution in [0.3, 0.4) is 0 Å². The molecule has 1 aromatic rings. The zero-order valence-corrected chi connectivity index (χ0v) is 23.7. The molecule has 1 aromatic carbocycles. The van der Waals surface area contributed by atoms with Crippen LogP contribution >= 0.6 is 0 Å². The Morgan fingerprint density at radius 2 is 1.75 bits per heavy atom. The molecule has 0 saturated heterocycles. The summed E-state index contributed by atoms with van der Waals surface area (Å²) in [6.07, 6.45) is 17.3. The normalized spacial score (nSPS) is 38.5. The third-order valence-electron chi connectivity index (χ3n) is 11.7. The van der Waals surface area contributed by atoms with Gasteiger partial charge < -0.3 is 5.32 Å². The number of nitrogens with one attached hydrogen (secondary N) is 1. The van der Waals surface area contributed by atoms with Gasteiger partial charge in [-0.1, -0.05) is 83.7 Å². The van der Waals surface area contributed by atoms with Gasteiger partial charge in [0.25, 0.3) is 5.91 Å². The summed E-state index contributed by atoms with van der Waals surface area (Å²) in [5.74, 6) is 5.37. The summed E-state index contributed by atoms with van der Waals surface area (Å²) in [6.45, 7) is 12.6. The van der Waals surface area contributed by atoms with E-state index in [9.17, 15) is 4.79 Å². The maximum absolute atomic E-state index is 12.8. The Balaban J connectivity index is 1.25. The molecule has 4 aliphatic rings. The Morgan fingerprint density at radius 3 is 2.50 bits per heavy atom. The highest BCUT2D eigenvalue weighted by molar-refractivity contribution is 5.94. The minimum absolute atomic E-state index is 0.0893. The Labute approximate surface area is 221 Å². The van der Waals surface area contributed by atoms with Gasteiger partial charge in [0.15, 0.2) is 0 Å². The molecule has 1 amide bonds. The van der Waals surface area contributed by atoms with Crippen molar-refractivity contribution in [1.29, 1.82) is 0 Å². The average Bonchev–Trinajstić information content (AvgIpc) is 3.22. The van der Waals surface area contributed by atoms with Crippen LogP contribution in [0.5, 0.6) is 0 Å². The number of amides is 1. The van der Waals surface area contributed by atoms with E-state index in [2.05, 4.69) is 46.0 Å². The van der Waals surface area contributed by atoms with Crippen molar-refractivity contribution in [2.75, 3.05) is 0 Å². The number of fused-ring (bicyclic) bond motifs is 5. The largest absolute Gasteiger partial charge is 0.349 e. The number of hydrogen-bond donors (Lipinski definition) is 1. The van der Waals surface area contributed by atoms with E-state index in [0.29, 0.717) is 10.8 Å². The number of allylic oxidation sites excluding steroid dienone is 1. The second kappa shape index (κ2) is 10.3.